The van der Waals surface area contributed by atoms with E-state index < -0.39 is 0 Å². The molecule has 1 unspecified atom stereocenters. The maximum absolute atomic E-state index is 3.79. The van der Waals surface area contributed by atoms with Crippen molar-refractivity contribution in [2.75, 3.05) is 0 Å². The van der Waals surface area contributed by atoms with E-state index in [2.05, 4.69) is 35.8 Å². The van der Waals surface area contributed by atoms with Crippen molar-refractivity contribution in [3.63, 3.8) is 0 Å². The first-order valence-corrected chi connectivity index (χ1v) is 6.12. The van der Waals surface area contributed by atoms with Gasteiger partial charge in [-0.1, -0.05) is 15.9 Å². The van der Waals surface area contributed by atoms with E-state index in [1.54, 1.807) is 4.88 Å². The quantitative estimate of drug-likeness (QED) is 0.684. The molecule has 2 rings (SSSR count). The van der Waals surface area contributed by atoms with Gasteiger partial charge in [-0.15, -0.1) is 11.3 Å². The molecule has 1 saturated carbocycles. The van der Waals surface area contributed by atoms with Crippen LogP contribution in [0, 0.1) is 19.8 Å². The highest BCUT2D eigenvalue weighted by Gasteiger charge is 2.31. The van der Waals surface area contributed by atoms with E-state index in [-0.39, 0.29) is 0 Å². The highest BCUT2D eigenvalue weighted by molar-refractivity contribution is 9.09. The molecule has 1 heterocycles. The molecule has 0 nitrogen and oxygen atoms in total. The summed E-state index contributed by atoms with van der Waals surface area (Å²) in [6.07, 6.45) is 2.82. The van der Waals surface area contributed by atoms with Crippen LogP contribution in [0.2, 0.25) is 0 Å². The van der Waals surface area contributed by atoms with Gasteiger partial charge in [-0.3, -0.25) is 0 Å². The number of hydrogen-bond donors (Lipinski definition) is 0. The lowest BCUT2D eigenvalue weighted by Gasteiger charge is -2.05. The number of hydrogen-bond acceptors (Lipinski definition) is 1. The second-order valence-electron chi connectivity index (χ2n) is 3.64. The standard InChI is InChI=1S/C10H13BrS/c1-6-5-7(2)12-10(6)9(11)8-3-4-8/h5,8-9H,3-4H2,1-2H3. The van der Waals surface area contributed by atoms with Gasteiger partial charge in [0.15, 0.2) is 0 Å². The van der Waals surface area contributed by atoms with Crippen molar-refractivity contribution >= 4 is 27.3 Å². The highest BCUT2D eigenvalue weighted by Crippen LogP contribution is 2.49. The summed E-state index contributed by atoms with van der Waals surface area (Å²) in [5.74, 6) is 0.918. The Hall–Kier alpha value is 0.180. The monoisotopic (exact) mass is 244 g/mol. The van der Waals surface area contributed by atoms with Gasteiger partial charge in [-0.05, 0) is 44.2 Å². The minimum atomic E-state index is 0.635. The maximum Gasteiger partial charge on any atom is 0.0520 e. The highest BCUT2D eigenvalue weighted by atomic mass is 79.9. The van der Waals surface area contributed by atoms with Gasteiger partial charge >= 0.3 is 0 Å². The second-order valence-corrected chi connectivity index (χ2v) is 5.92. The Kier molecular flexibility index (Phi) is 2.30. The first-order valence-electron chi connectivity index (χ1n) is 4.39. The molecule has 0 amide bonds. The van der Waals surface area contributed by atoms with Crippen LogP contribution in [-0.4, -0.2) is 0 Å². The lowest BCUT2D eigenvalue weighted by Crippen LogP contribution is -1.89. The van der Waals surface area contributed by atoms with Crippen molar-refractivity contribution in [3.05, 3.63) is 21.4 Å². The van der Waals surface area contributed by atoms with Crippen LogP contribution >= 0.6 is 27.3 Å². The third-order valence-electron chi connectivity index (χ3n) is 2.37. The van der Waals surface area contributed by atoms with E-state index in [4.69, 9.17) is 0 Å². The molecular formula is C10H13BrS. The van der Waals surface area contributed by atoms with Crippen LogP contribution in [0.15, 0.2) is 6.07 Å². The molecule has 1 aliphatic carbocycles. The molecule has 66 valence electrons. The zero-order chi connectivity index (χ0) is 8.72. The number of halogens is 1. The average molecular weight is 245 g/mol. The van der Waals surface area contributed by atoms with Gasteiger partial charge in [0.1, 0.15) is 0 Å². The fourth-order valence-electron chi connectivity index (χ4n) is 1.54. The van der Waals surface area contributed by atoms with Gasteiger partial charge in [-0.25, -0.2) is 0 Å². The smallest absolute Gasteiger partial charge is 0.0520 e. The second kappa shape index (κ2) is 3.15. The molecule has 0 N–H and O–H groups in total. The normalized spacial score (nSPS) is 19.6. The molecule has 1 atom stereocenters. The molecule has 0 aromatic carbocycles. The van der Waals surface area contributed by atoms with Gasteiger partial charge in [0, 0.05) is 9.75 Å². The molecule has 2 heteroatoms. The van der Waals surface area contributed by atoms with Crippen LogP contribution < -0.4 is 0 Å². The van der Waals surface area contributed by atoms with E-state index in [1.807, 2.05) is 11.3 Å². The minimum absolute atomic E-state index is 0.635. The van der Waals surface area contributed by atoms with Gasteiger partial charge in [0.25, 0.3) is 0 Å². The molecule has 12 heavy (non-hydrogen) atoms. The number of aryl methyl sites for hydroxylation is 2. The first kappa shape index (κ1) is 8.76. The predicted molar refractivity (Wildman–Crippen MR) is 58.2 cm³/mol. The van der Waals surface area contributed by atoms with Gasteiger partial charge in [0.05, 0.1) is 4.83 Å². The molecule has 1 aromatic heterocycles. The Labute approximate surface area is 86.1 Å². The van der Waals surface area contributed by atoms with E-state index in [0.717, 1.165) is 5.92 Å². The van der Waals surface area contributed by atoms with E-state index in [9.17, 15) is 0 Å². The summed E-state index contributed by atoms with van der Waals surface area (Å²) in [4.78, 5) is 3.62. The number of rotatable bonds is 2. The zero-order valence-corrected chi connectivity index (χ0v) is 9.83. The Morgan fingerprint density at radius 2 is 2.17 bits per heavy atom. The largest absolute Gasteiger partial charge is 0.144 e. The summed E-state index contributed by atoms with van der Waals surface area (Å²) in [5, 5.41) is 0. The lowest BCUT2D eigenvalue weighted by atomic mass is 10.2. The Morgan fingerprint density at radius 1 is 1.50 bits per heavy atom. The number of alkyl halides is 1. The Morgan fingerprint density at radius 3 is 2.58 bits per heavy atom. The summed E-state index contributed by atoms with van der Waals surface area (Å²) in [6.45, 7) is 4.41. The molecule has 0 saturated heterocycles. The topological polar surface area (TPSA) is 0 Å². The van der Waals surface area contributed by atoms with E-state index in [1.165, 1.54) is 23.3 Å². The maximum atomic E-state index is 3.79. The molecular weight excluding hydrogens is 232 g/mol. The van der Waals surface area contributed by atoms with Crippen molar-refractivity contribution in [2.45, 2.75) is 31.5 Å². The average Bonchev–Trinajstić information content (AvgIpc) is 2.77. The van der Waals surface area contributed by atoms with Crippen molar-refractivity contribution in [3.8, 4) is 0 Å². The molecule has 1 aliphatic rings. The summed E-state index contributed by atoms with van der Waals surface area (Å²) < 4.78 is 0. The lowest BCUT2D eigenvalue weighted by molar-refractivity contribution is 0.832. The van der Waals surface area contributed by atoms with Crippen molar-refractivity contribution < 1.29 is 0 Å². The van der Waals surface area contributed by atoms with Crippen LogP contribution in [-0.2, 0) is 0 Å². The summed E-state index contributed by atoms with van der Waals surface area (Å²) in [5.41, 5.74) is 1.46. The molecule has 0 bridgehead atoms. The Bertz CT molecular complexity index is 286. The summed E-state index contributed by atoms with van der Waals surface area (Å²) in [7, 11) is 0. The molecule has 1 aromatic rings. The molecule has 0 spiro atoms. The van der Waals surface area contributed by atoms with Crippen LogP contribution in [0.3, 0.4) is 0 Å². The van der Waals surface area contributed by atoms with Crippen LogP contribution in [0.1, 0.15) is 33.0 Å². The molecule has 1 fully saturated rings. The van der Waals surface area contributed by atoms with Gasteiger partial charge in [-0.2, -0.15) is 0 Å². The fourth-order valence-corrected chi connectivity index (χ4v) is 3.81. The molecule has 0 aliphatic heterocycles. The first-order chi connectivity index (χ1) is 5.68. The van der Waals surface area contributed by atoms with Crippen molar-refractivity contribution in [1.82, 2.24) is 0 Å². The fraction of sp³-hybridized carbons (Fsp3) is 0.600. The number of thiophene rings is 1. The van der Waals surface area contributed by atoms with Crippen molar-refractivity contribution in [1.29, 1.82) is 0 Å². The van der Waals surface area contributed by atoms with Crippen LogP contribution in [0.4, 0.5) is 0 Å². The third kappa shape index (κ3) is 1.60. The van der Waals surface area contributed by atoms with Crippen LogP contribution in [0.5, 0.6) is 0 Å². The third-order valence-corrected chi connectivity index (χ3v) is 5.11. The minimum Gasteiger partial charge on any atom is -0.144 e. The summed E-state index contributed by atoms with van der Waals surface area (Å²) in [6, 6.07) is 2.29. The SMILES string of the molecule is Cc1cc(C)c(C(Br)C2CC2)s1. The zero-order valence-electron chi connectivity index (χ0n) is 7.43. The van der Waals surface area contributed by atoms with E-state index in [0.29, 0.717) is 4.83 Å². The van der Waals surface area contributed by atoms with Crippen molar-refractivity contribution in [2.24, 2.45) is 5.92 Å². The van der Waals surface area contributed by atoms with E-state index >= 15 is 0 Å². The summed E-state index contributed by atoms with van der Waals surface area (Å²) >= 11 is 5.73. The van der Waals surface area contributed by atoms with Gasteiger partial charge < -0.3 is 0 Å². The predicted octanol–water partition coefficient (Wildman–Crippen LogP) is 4.21. The van der Waals surface area contributed by atoms with Crippen LogP contribution in [0.25, 0.3) is 0 Å². The van der Waals surface area contributed by atoms with Gasteiger partial charge in [0.2, 0.25) is 0 Å². The molecule has 0 radical (unpaired) electrons. The Balaban J connectivity index is 2.25.